The highest BCUT2D eigenvalue weighted by Gasteiger charge is 2.30. The van der Waals surface area contributed by atoms with E-state index in [4.69, 9.17) is 11.6 Å². The van der Waals surface area contributed by atoms with Crippen LogP contribution in [-0.4, -0.2) is 36.5 Å². The first kappa shape index (κ1) is 12.4. The maximum absolute atomic E-state index is 11.4. The number of nitrogens with two attached hydrogens (primary N) is 2. The maximum atomic E-state index is 11.4. The first-order chi connectivity index (χ1) is 7.10. The van der Waals surface area contributed by atoms with Gasteiger partial charge in [0.25, 0.3) is 0 Å². The number of rotatable bonds is 4. The van der Waals surface area contributed by atoms with Gasteiger partial charge in [0.1, 0.15) is 0 Å². The van der Waals surface area contributed by atoms with Crippen LogP contribution in [0.5, 0.6) is 0 Å². The summed E-state index contributed by atoms with van der Waals surface area (Å²) in [5.41, 5.74) is 7.84. The summed E-state index contributed by atoms with van der Waals surface area (Å²) in [6.45, 7) is 6.74. The van der Waals surface area contributed by atoms with Gasteiger partial charge in [-0.3, -0.25) is 15.1 Å². The van der Waals surface area contributed by atoms with Gasteiger partial charge in [-0.15, -0.1) is 0 Å². The summed E-state index contributed by atoms with van der Waals surface area (Å²) >= 11 is 0. The minimum Gasteiger partial charge on any atom is -0.330 e. The third-order valence-corrected chi connectivity index (χ3v) is 3.51. The van der Waals surface area contributed by atoms with Crippen molar-refractivity contribution < 1.29 is 4.79 Å². The zero-order valence-electron chi connectivity index (χ0n) is 9.57. The first-order valence-electron chi connectivity index (χ1n) is 5.54. The smallest absolute Gasteiger partial charge is 0.238 e. The van der Waals surface area contributed by atoms with Gasteiger partial charge in [0.15, 0.2) is 0 Å². The number of nitrogens with zero attached hydrogens (tertiary/aromatic N) is 1. The van der Waals surface area contributed by atoms with Crippen molar-refractivity contribution in [1.29, 1.82) is 0 Å². The summed E-state index contributed by atoms with van der Waals surface area (Å²) in [6.07, 6.45) is 1.14. The molecule has 88 valence electrons. The summed E-state index contributed by atoms with van der Waals surface area (Å²) in [5.74, 6) is 5.53. The van der Waals surface area contributed by atoms with E-state index < -0.39 is 0 Å². The number of carbonyl (C=O) groups is 1. The first-order valence-corrected chi connectivity index (χ1v) is 5.54. The molecule has 3 atom stereocenters. The molecule has 3 unspecified atom stereocenters. The predicted molar refractivity (Wildman–Crippen MR) is 59.7 cm³/mol. The van der Waals surface area contributed by atoms with Crippen molar-refractivity contribution >= 4 is 5.91 Å². The molecule has 1 heterocycles. The molecule has 5 nitrogen and oxygen atoms in total. The van der Waals surface area contributed by atoms with Crippen LogP contribution in [0.15, 0.2) is 0 Å². The molecule has 1 rings (SSSR count). The fourth-order valence-corrected chi connectivity index (χ4v) is 2.09. The molecule has 0 aromatic carbocycles. The molecule has 15 heavy (non-hydrogen) atoms. The van der Waals surface area contributed by atoms with Gasteiger partial charge < -0.3 is 5.73 Å². The minimum atomic E-state index is -0.0984. The molecule has 0 aromatic rings. The molecule has 1 amide bonds. The number of amides is 1. The highest BCUT2D eigenvalue weighted by molar-refractivity contribution is 5.78. The van der Waals surface area contributed by atoms with Crippen molar-refractivity contribution in [1.82, 2.24) is 10.3 Å². The number of likely N-dealkylation sites (tertiary alicyclic amines) is 1. The van der Waals surface area contributed by atoms with Crippen LogP contribution in [0.4, 0.5) is 0 Å². The molecule has 0 spiro atoms. The van der Waals surface area contributed by atoms with Crippen LogP contribution in [0.25, 0.3) is 0 Å². The number of nitrogens with one attached hydrogen (secondary N) is 1. The van der Waals surface area contributed by atoms with Gasteiger partial charge in [-0.1, -0.05) is 6.92 Å². The molecule has 0 aliphatic carbocycles. The quantitative estimate of drug-likeness (QED) is 0.328. The van der Waals surface area contributed by atoms with Crippen molar-refractivity contribution in [3.63, 3.8) is 0 Å². The van der Waals surface area contributed by atoms with E-state index in [1.807, 2.05) is 6.92 Å². The highest BCUT2D eigenvalue weighted by Crippen LogP contribution is 2.21. The lowest BCUT2D eigenvalue weighted by Gasteiger charge is -2.28. The van der Waals surface area contributed by atoms with Crippen LogP contribution >= 0.6 is 0 Å². The van der Waals surface area contributed by atoms with Crippen LogP contribution in [0, 0.1) is 11.8 Å². The van der Waals surface area contributed by atoms with Crippen LogP contribution < -0.4 is 17.0 Å². The Balaban J connectivity index is 2.47. The Labute approximate surface area is 91.1 Å². The van der Waals surface area contributed by atoms with Crippen molar-refractivity contribution in [2.75, 3.05) is 19.6 Å². The van der Waals surface area contributed by atoms with Crippen LogP contribution in [-0.2, 0) is 4.79 Å². The summed E-state index contributed by atoms with van der Waals surface area (Å²) in [6, 6.07) is 0.227. The van der Waals surface area contributed by atoms with Crippen molar-refractivity contribution in [2.45, 2.75) is 26.3 Å². The SMILES string of the molecule is CC(C(=O)NN)C(C)N1CCC(CN)C1. The van der Waals surface area contributed by atoms with E-state index in [2.05, 4.69) is 17.2 Å². The van der Waals surface area contributed by atoms with E-state index >= 15 is 0 Å². The van der Waals surface area contributed by atoms with Gasteiger partial charge in [0.2, 0.25) is 5.91 Å². The lowest BCUT2D eigenvalue weighted by atomic mass is 10.0. The summed E-state index contributed by atoms with van der Waals surface area (Å²) in [4.78, 5) is 13.7. The van der Waals surface area contributed by atoms with Gasteiger partial charge in [0.05, 0.1) is 5.92 Å². The zero-order chi connectivity index (χ0) is 11.4. The molecule has 0 saturated carbocycles. The average molecular weight is 214 g/mol. The number of carbonyl (C=O) groups excluding carboxylic acids is 1. The Hall–Kier alpha value is -0.650. The van der Waals surface area contributed by atoms with Gasteiger partial charge in [-0.05, 0) is 32.4 Å². The lowest BCUT2D eigenvalue weighted by molar-refractivity contribution is -0.126. The average Bonchev–Trinajstić information content (AvgIpc) is 2.74. The summed E-state index contributed by atoms with van der Waals surface area (Å²) in [5, 5.41) is 0. The minimum absolute atomic E-state index is 0.0773. The molecule has 1 aliphatic rings. The van der Waals surface area contributed by atoms with Crippen LogP contribution in [0.2, 0.25) is 0 Å². The molecule has 1 aliphatic heterocycles. The van der Waals surface area contributed by atoms with E-state index in [9.17, 15) is 4.79 Å². The number of hydrazine groups is 1. The summed E-state index contributed by atoms with van der Waals surface area (Å²) in [7, 11) is 0. The molecular formula is C10H22N4O. The Morgan fingerprint density at radius 1 is 1.60 bits per heavy atom. The largest absolute Gasteiger partial charge is 0.330 e. The van der Waals surface area contributed by atoms with Crippen molar-refractivity contribution in [3.05, 3.63) is 0 Å². The van der Waals surface area contributed by atoms with Gasteiger partial charge in [-0.2, -0.15) is 0 Å². The van der Waals surface area contributed by atoms with E-state index in [0.29, 0.717) is 5.92 Å². The predicted octanol–water partition coefficient (Wildman–Crippen LogP) is -0.718. The second kappa shape index (κ2) is 5.44. The molecule has 5 heteroatoms. The van der Waals surface area contributed by atoms with E-state index in [0.717, 1.165) is 26.1 Å². The van der Waals surface area contributed by atoms with Gasteiger partial charge in [-0.25, -0.2) is 5.84 Å². The number of hydrogen-bond acceptors (Lipinski definition) is 4. The second-order valence-corrected chi connectivity index (χ2v) is 4.42. The van der Waals surface area contributed by atoms with Gasteiger partial charge in [0, 0.05) is 12.6 Å². The van der Waals surface area contributed by atoms with Gasteiger partial charge >= 0.3 is 0 Å². The molecule has 5 N–H and O–H groups in total. The lowest BCUT2D eigenvalue weighted by Crippen LogP contribution is -2.45. The van der Waals surface area contributed by atoms with Crippen molar-refractivity contribution in [2.24, 2.45) is 23.4 Å². The van der Waals surface area contributed by atoms with Crippen LogP contribution in [0.1, 0.15) is 20.3 Å². The van der Waals surface area contributed by atoms with Crippen LogP contribution in [0.3, 0.4) is 0 Å². The zero-order valence-corrected chi connectivity index (χ0v) is 9.57. The molecule has 0 bridgehead atoms. The molecular weight excluding hydrogens is 192 g/mol. The fraction of sp³-hybridized carbons (Fsp3) is 0.900. The normalized spacial score (nSPS) is 26.3. The standard InChI is InChI=1S/C10H22N4O/c1-7(10(15)13-12)8(2)14-4-3-9(5-11)6-14/h7-9H,3-6,11-12H2,1-2H3,(H,13,15). The van der Waals surface area contributed by atoms with E-state index in [-0.39, 0.29) is 17.9 Å². The Bertz CT molecular complexity index is 221. The topological polar surface area (TPSA) is 84.4 Å². The Morgan fingerprint density at radius 2 is 2.27 bits per heavy atom. The molecule has 0 radical (unpaired) electrons. The third kappa shape index (κ3) is 2.90. The third-order valence-electron chi connectivity index (χ3n) is 3.51. The number of hydrogen-bond donors (Lipinski definition) is 3. The maximum Gasteiger partial charge on any atom is 0.238 e. The fourth-order valence-electron chi connectivity index (χ4n) is 2.09. The van der Waals surface area contributed by atoms with Crippen molar-refractivity contribution in [3.8, 4) is 0 Å². The molecule has 0 aromatic heterocycles. The summed E-state index contributed by atoms with van der Waals surface area (Å²) < 4.78 is 0. The second-order valence-electron chi connectivity index (χ2n) is 4.42. The van der Waals surface area contributed by atoms with E-state index in [1.54, 1.807) is 0 Å². The highest BCUT2D eigenvalue weighted by atomic mass is 16.2. The monoisotopic (exact) mass is 214 g/mol. The van der Waals surface area contributed by atoms with E-state index in [1.165, 1.54) is 0 Å². The molecule has 1 fully saturated rings. The Morgan fingerprint density at radius 3 is 2.73 bits per heavy atom. The Kier molecular flexibility index (Phi) is 4.50. The molecule has 1 saturated heterocycles.